The molecule has 5 amide bonds. The molecule has 2 fully saturated rings. The zero-order chi connectivity index (χ0) is 22.0. The lowest BCUT2D eigenvalue weighted by Crippen LogP contribution is -2.43. The van der Waals surface area contributed by atoms with E-state index in [1.165, 1.54) is 6.07 Å². The molecule has 1 atom stereocenters. The van der Waals surface area contributed by atoms with E-state index in [1.54, 1.807) is 25.1 Å². The largest absolute Gasteiger partial charge is 0.492 e. The summed E-state index contributed by atoms with van der Waals surface area (Å²) in [6.07, 6.45) is 2.00. The molecule has 1 saturated carbocycles. The molecule has 8 nitrogen and oxygen atoms in total. The van der Waals surface area contributed by atoms with E-state index < -0.39 is 30.3 Å². The van der Waals surface area contributed by atoms with Gasteiger partial charge in [-0.05, 0) is 43.4 Å². The lowest BCUT2D eigenvalue weighted by Gasteiger charge is -2.21. The first kappa shape index (κ1) is 20.6. The van der Waals surface area contributed by atoms with Crippen molar-refractivity contribution in [3.63, 3.8) is 0 Å². The molecule has 31 heavy (non-hydrogen) atoms. The minimum Gasteiger partial charge on any atom is -0.492 e. The van der Waals surface area contributed by atoms with Crippen molar-refractivity contribution >= 4 is 29.4 Å². The van der Waals surface area contributed by atoms with E-state index >= 15 is 0 Å². The Kier molecular flexibility index (Phi) is 5.70. The second-order valence-electron chi connectivity index (χ2n) is 7.51. The highest BCUT2D eigenvalue weighted by Crippen LogP contribution is 2.41. The number of ether oxygens (including phenoxy) is 1. The number of carbonyl (C=O) groups excluding carboxylic acids is 4. The molecule has 2 aromatic carbocycles. The highest BCUT2D eigenvalue weighted by molar-refractivity contribution is 6.53. The van der Waals surface area contributed by atoms with E-state index in [-0.39, 0.29) is 11.7 Å². The second kappa shape index (κ2) is 8.59. The van der Waals surface area contributed by atoms with Gasteiger partial charge in [0.1, 0.15) is 12.3 Å². The van der Waals surface area contributed by atoms with Gasteiger partial charge in [-0.2, -0.15) is 0 Å². The second-order valence-corrected chi connectivity index (χ2v) is 7.51. The van der Waals surface area contributed by atoms with Crippen molar-refractivity contribution in [3.05, 3.63) is 60.2 Å². The van der Waals surface area contributed by atoms with Crippen LogP contribution in [-0.2, 0) is 14.4 Å². The smallest absolute Gasteiger partial charge is 0.339 e. The number of para-hydroxylation sites is 2. The number of rotatable bonds is 8. The van der Waals surface area contributed by atoms with Gasteiger partial charge in [0.25, 0.3) is 0 Å². The van der Waals surface area contributed by atoms with Crippen molar-refractivity contribution in [2.24, 2.45) is 5.92 Å². The van der Waals surface area contributed by atoms with Gasteiger partial charge < -0.3 is 10.1 Å². The molecule has 0 bridgehead atoms. The molecule has 2 aromatic rings. The number of hydrogen-bond acceptors (Lipinski definition) is 5. The van der Waals surface area contributed by atoms with Crippen LogP contribution in [0.1, 0.15) is 31.4 Å². The van der Waals surface area contributed by atoms with Crippen molar-refractivity contribution in [2.75, 3.05) is 18.1 Å². The Morgan fingerprint density at radius 1 is 1.03 bits per heavy atom. The summed E-state index contributed by atoms with van der Waals surface area (Å²) < 4.78 is 5.48. The monoisotopic (exact) mass is 421 g/mol. The van der Waals surface area contributed by atoms with Gasteiger partial charge in [-0.1, -0.05) is 42.5 Å². The number of benzene rings is 2. The third kappa shape index (κ3) is 4.14. The van der Waals surface area contributed by atoms with Crippen molar-refractivity contribution in [3.8, 4) is 5.75 Å². The highest BCUT2D eigenvalue weighted by Gasteiger charge is 2.47. The van der Waals surface area contributed by atoms with Gasteiger partial charge in [0.2, 0.25) is 5.91 Å². The van der Waals surface area contributed by atoms with Gasteiger partial charge in [0, 0.05) is 0 Å². The summed E-state index contributed by atoms with van der Waals surface area (Å²) in [4.78, 5) is 52.1. The zero-order valence-corrected chi connectivity index (χ0v) is 17.1. The summed E-state index contributed by atoms with van der Waals surface area (Å²) in [5.41, 5.74) is 1.15. The predicted molar refractivity (Wildman–Crippen MR) is 112 cm³/mol. The van der Waals surface area contributed by atoms with Gasteiger partial charge in [-0.3, -0.25) is 14.4 Å². The summed E-state index contributed by atoms with van der Waals surface area (Å²) in [6, 6.07) is 15.0. The van der Waals surface area contributed by atoms with Gasteiger partial charge in [0.15, 0.2) is 0 Å². The van der Waals surface area contributed by atoms with Crippen LogP contribution in [0.3, 0.4) is 0 Å². The molecule has 2 aliphatic rings. The Morgan fingerprint density at radius 2 is 1.71 bits per heavy atom. The number of nitrogens with one attached hydrogen (secondary N) is 1. The number of urea groups is 1. The summed E-state index contributed by atoms with van der Waals surface area (Å²) >= 11 is 0. The molecule has 0 spiro atoms. The molecule has 1 saturated heterocycles. The van der Waals surface area contributed by atoms with Crippen LogP contribution >= 0.6 is 0 Å². The van der Waals surface area contributed by atoms with Crippen molar-refractivity contribution < 1.29 is 23.9 Å². The topological polar surface area (TPSA) is 96.0 Å². The molecule has 0 aromatic heterocycles. The standard InChI is InChI=1S/C23H23N3O5/c1-2-31-18-11-7-6-10-17(18)26-22(29)21(28)25(23(26)30)14-19(27)24-20(16-12-13-16)15-8-4-3-5-9-15/h3-11,16,20H,2,12-14H2,1H3,(H,24,27). The van der Waals surface area contributed by atoms with Gasteiger partial charge in [-0.25, -0.2) is 14.6 Å². The minimum atomic E-state index is -1.03. The number of anilines is 1. The van der Waals surface area contributed by atoms with E-state index in [1.807, 2.05) is 30.3 Å². The number of amides is 5. The molecule has 1 N–H and O–H groups in total. The highest BCUT2D eigenvalue weighted by atomic mass is 16.5. The van der Waals surface area contributed by atoms with Crippen molar-refractivity contribution in [1.82, 2.24) is 10.2 Å². The number of hydrogen-bond donors (Lipinski definition) is 1. The fraction of sp³-hybridized carbons (Fsp3) is 0.304. The molecule has 1 aliphatic carbocycles. The first-order chi connectivity index (χ1) is 15.0. The van der Waals surface area contributed by atoms with Crippen LogP contribution < -0.4 is 15.0 Å². The Balaban J connectivity index is 1.50. The van der Waals surface area contributed by atoms with Crippen LogP contribution in [0.2, 0.25) is 0 Å². The first-order valence-corrected chi connectivity index (χ1v) is 10.3. The van der Waals surface area contributed by atoms with Crippen LogP contribution in [-0.4, -0.2) is 41.8 Å². The third-order valence-electron chi connectivity index (χ3n) is 5.33. The predicted octanol–water partition coefficient (Wildman–Crippen LogP) is 2.65. The summed E-state index contributed by atoms with van der Waals surface area (Å²) in [7, 11) is 0. The van der Waals surface area contributed by atoms with Gasteiger partial charge in [0.05, 0.1) is 18.3 Å². The van der Waals surface area contributed by atoms with E-state index in [4.69, 9.17) is 4.74 Å². The zero-order valence-electron chi connectivity index (χ0n) is 17.1. The molecule has 8 heteroatoms. The SMILES string of the molecule is CCOc1ccccc1N1C(=O)C(=O)N(CC(=O)NC(c2ccccc2)C2CC2)C1=O. The number of carbonyl (C=O) groups is 4. The lowest BCUT2D eigenvalue weighted by atomic mass is 10.0. The molecule has 4 rings (SSSR count). The fourth-order valence-electron chi connectivity index (χ4n) is 3.70. The molecule has 1 heterocycles. The molecule has 1 aliphatic heterocycles. The molecule has 0 radical (unpaired) electrons. The van der Waals surface area contributed by atoms with E-state index in [0.29, 0.717) is 23.2 Å². The Hall–Kier alpha value is -3.68. The maximum absolute atomic E-state index is 12.9. The van der Waals surface area contributed by atoms with Crippen LogP contribution in [0.5, 0.6) is 5.75 Å². The normalized spacial score (nSPS) is 17.1. The van der Waals surface area contributed by atoms with E-state index in [0.717, 1.165) is 23.3 Å². The summed E-state index contributed by atoms with van der Waals surface area (Å²) in [5.74, 6) is -1.90. The van der Waals surface area contributed by atoms with Crippen molar-refractivity contribution in [1.29, 1.82) is 0 Å². The Morgan fingerprint density at radius 3 is 2.39 bits per heavy atom. The Bertz CT molecular complexity index is 1020. The molecular formula is C23H23N3O5. The summed E-state index contributed by atoms with van der Waals surface area (Å²) in [5, 5.41) is 2.92. The number of nitrogens with zero attached hydrogens (tertiary/aromatic N) is 2. The van der Waals surface area contributed by atoms with Gasteiger partial charge >= 0.3 is 17.8 Å². The third-order valence-corrected chi connectivity index (χ3v) is 5.33. The first-order valence-electron chi connectivity index (χ1n) is 10.3. The van der Waals surface area contributed by atoms with Crippen molar-refractivity contribution in [2.45, 2.75) is 25.8 Å². The van der Waals surface area contributed by atoms with Gasteiger partial charge in [-0.15, -0.1) is 0 Å². The maximum atomic E-state index is 12.9. The Labute approximate surface area is 179 Å². The fourth-order valence-corrected chi connectivity index (χ4v) is 3.70. The average Bonchev–Trinajstić information content (AvgIpc) is 3.59. The lowest BCUT2D eigenvalue weighted by molar-refractivity contribution is -0.140. The molecule has 160 valence electrons. The summed E-state index contributed by atoms with van der Waals surface area (Å²) in [6.45, 7) is 1.58. The quantitative estimate of drug-likeness (QED) is 0.522. The van der Waals surface area contributed by atoms with E-state index in [2.05, 4.69) is 5.32 Å². The minimum absolute atomic E-state index is 0.177. The van der Waals surface area contributed by atoms with Crippen LogP contribution in [0, 0.1) is 5.92 Å². The number of imide groups is 2. The average molecular weight is 421 g/mol. The maximum Gasteiger partial charge on any atom is 0.339 e. The van der Waals surface area contributed by atoms with Crippen LogP contribution in [0.25, 0.3) is 0 Å². The van der Waals surface area contributed by atoms with Crippen LogP contribution in [0.15, 0.2) is 54.6 Å². The molecular weight excluding hydrogens is 398 g/mol. The molecule has 1 unspecified atom stereocenters. The van der Waals surface area contributed by atoms with Crippen LogP contribution in [0.4, 0.5) is 10.5 Å². The van der Waals surface area contributed by atoms with E-state index in [9.17, 15) is 19.2 Å².